The largest absolute Gasteiger partial charge is 0.489 e. The highest BCUT2D eigenvalue weighted by molar-refractivity contribution is 6.42. The number of ether oxygens (including phenoxy) is 2. The number of benzene rings is 4. The number of carbonyl (C=O) groups excluding carboxylic acids is 1. The summed E-state index contributed by atoms with van der Waals surface area (Å²) in [5.41, 5.74) is 2.74. The van der Waals surface area contributed by atoms with Crippen molar-refractivity contribution in [3.63, 3.8) is 0 Å². The first-order valence-electron chi connectivity index (χ1n) is 11.5. The lowest BCUT2D eigenvalue weighted by Gasteiger charge is -2.11. The second-order valence-electron chi connectivity index (χ2n) is 8.14. The molecule has 4 rings (SSSR count). The maximum Gasteiger partial charge on any atom is 0.266 e. The van der Waals surface area contributed by atoms with Crippen molar-refractivity contribution in [2.75, 3.05) is 5.32 Å². The van der Waals surface area contributed by atoms with Crippen molar-refractivity contribution >= 4 is 52.5 Å². The van der Waals surface area contributed by atoms with Gasteiger partial charge in [0, 0.05) is 16.3 Å². The Morgan fingerprint density at radius 1 is 0.816 bits per heavy atom. The number of nitrogens with zero attached hydrogens (tertiary/aromatic N) is 1. The summed E-state index contributed by atoms with van der Waals surface area (Å²) in [6.07, 6.45) is 1.43. The summed E-state index contributed by atoms with van der Waals surface area (Å²) in [7, 11) is 0. The lowest BCUT2D eigenvalue weighted by atomic mass is 10.1. The number of nitriles is 1. The van der Waals surface area contributed by atoms with Gasteiger partial charge in [-0.25, -0.2) is 0 Å². The molecule has 38 heavy (non-hydrogen) atoms. The molecule has 0 heterocycles. The monoisotopic (exact) mass is 562 g/mol. The van der Waals surface area contributed by atoms with Gasteiger partial charge in [0.05, 0.1) is 10.0 Å². The number of amides is 1. The zero-order valence-electron chi connectivity index (χ0n) is 20.0. The molecule has 0 radical (unpaired) electrons. The highest BCUT2D eigenvalue weighted by Crippen LogP contribution is 2.28. The van der Waals surface area contributed by atoms with Gasteiger partial charge in [0.1, 0.15) is 36.4 Å². The summed E-state index contributed by atoms with van der Waals surface area (Å²) in [4.78, 5) is 12.9. The zero-order chi connectivity index (χ0) is 26.9. The number of anilines is 1. The van der Waals surface area contributed by atoms with Crippen LogP contribution in [0.3, 0.4) is 0 Å². The molecule has 0 fully saturated rings. The molecule has 190 valence electrons. The van der Waals surface area contributed by atoms with E-state index in [9.17, 15) is 10.1 Å². The lowest BCUT2D eigenvalue weighted by molar-refractivity contribution is -0.112. The van der Waals surface area contributed by atoms with E-state index in [2.05, 4.69) is 5.32 Å². The molecule has 1 N–H and O–H groups in total. The van der Waals surface area contributed by atoms with Gasteiger partial charge in [-0.3, -0.25) is 4.79 Å². The quantitative estimate of drug-likeness (QED) is 0.164. The van der Waals surface area contributed by atoms with Crippen LogP contribution in [0.2, 0.25) is 15.1 Å². The molecule has 4 aromatic rings. The number of halogens is 3. The van der Waals surface area contributed by atoms with Crippen LogP contribution < -0.4 is 14.8 Å². The summed E-state index contributed by atoms with van der Waals surface area (Å²) in [5.74, 6) is 0.535. The molecule has 0 saturated carbocycles. The molecule has 0 aliphatic rings. The van der Waals surface area contributed by atoms with E-state index >= 15 is 0 Å². The third kappa shape index (κ3) is 7.53. The standard InChI is InChI=1S/C30H21Cl3N2O3/c31-24-7-13-29(38-19-21-6-12-27(32)28(33)14-21)22(16-24)15-23(17-34)30(36)35-25-8-10-26(11-9-25)37-18-20-4-2-1-3-5-20/h1-16H,18-19H2,(H,35,36)/b23-15+. The molecule has 1 amide bonds. The molecular weight excluding hydrogens is 543 g/mol. The van der Waals surface area contributed by atoms with Gasteiger partial charge < -0.3 is 14.8 Å². The first-order valence-corrected chi connectivity index (χ1v) is 12.6. The number of hydrogen-bond donors (Lipinski definition) is 1. The third-order valence-corrected chi connectivity index (χ3v) is 6.35. The maximum absolute atomic E-state index is 12.9. The highest BCUT2D eigenvalue weighted by Gasteiger charge is 2.13. The second kappa shape index (κ2) is 13.0. The molecule has 0 aliphatic heterocycles. The highest BCUT2D eigenvalue weighted by atomic mass is 35.5. The minimum atomic E-state index is -0.569. The fourth-order valence-corrected chi connectivity index (χ4v) is 3.93. The molecule has 0 atom stereocenters. The molecule has 4 aromatic carbocycles. The van der Waals surface area contributed by atoms with Gasteiger partial charge in [0.15, 0.2) is 0 Å². The van der Waals surface area contributed by atoms with Crippen molar-refractivity contribution in [1.82, 2.24) is 0 Å². The number of hydrogen-bond acceptors (Lipinski definition) is 4. The zero-order valence-corrected chi connectivity index (χ0v) is 22.2. The Bertz CT molecular complexity index is 1500. The van der Waals surface area contributed by atoms with E-state index in [4.69, 9.17) is 44.3 Å². The number of nitrogens with one attached hydrogen (secondary N) is 1. The van der Waals surface area contributed by atoms with Crippen molar-refractivity contribution in [2.24, 2.45) is 0 Å². The van der Waals surface area contributed by atoms with Gasteiger partial charge in [-0.2, -0.15) is 5.26 Å². The Morgan fingerprint density at radius 2 is 1.55 bits per heavy atom. The van der Waals surface area contributed by atoms with E-state index in [0.29, 0.717) is 44.4 Å². The van der Waals surface area contributed by atoms with Crippen molar-refractivity contribution in [1.29, 1.82) is 5.26 Å². The summed E-state index contributed by atoms with van der Waals surface area (Å²) in [6, 6.07) is 28.8. The van der Waals surface area contributed by atoms with Crippen LogP contribution in [0.15, 0.2) is 96.6 Å². The maximum atomic E-state index is 12.9. The summed E-state index contributed by atoms with van der Waals surface area (Å²) in [5, 5.41) is 13.7. The third-order valence-electron chi connectivity index (χ3n) is 5.38. The summed E-state index contributed by atoms with van der Waals surface area (Å²) < 4.78 is 11.7. The molecule has 0 aliphatic carbocycles. The molecule has 0 saturated heterocycles. The van der Waals surface area contributed by atoms with E-state index in [1.165, 1.54) is 6.08 Å². The smallest absolute Gasteiger partial charge is 0.266 e. The molecule has 8 heteroatoms. The van der Waals surface area contributed by atoms with Gasteiger partial charge in [-0.1, -0.05) is 71.2 Å². The van der Waals surface area contributed by atoms with Crippen LogP contribution in [0.5, 0.6) is 11.5 Å². The van der Waals surface area contributed by atoms with Crippen LogP contribution in [0.4, 0.5) is 5.69 Å². The van der Waals surface area contributed by atoms with E-state index in [1.807, 2.05) is 36.4 Å². The van der Waals surface area contributed by atoms with E-state index in [0.717, 1.165) is 11.1 Å². The Morgan fingerprint density at radius 3 is 2.26 bits per heavy atom. The normalized spacial score (nSPS) is 10.9. The average Bonchev–Trinajstić information content (AvgIpc) is 2.93. The van der Waals surface area contributed by atoms with Crippen LogP contribution in [0, 0.1) is 11.3 Å². The molecule has 0 bridgehead atoms. The number of carbonyl (C=O) groups is 1. The summed E-state index contributed by atoms with van der Waals surface area (Å²) >= 11 is 18.2. The molecule has 0 spiro atoms. The lowest BCUT2D eigenvalue weighted by Crippen LogP contribution is -2.13. The van der Waals surface area contributed by atoms with Gasteiger partial charge in [-0.15, -0.1) is 0 Å². The minimum Gasteiger partial charge on any atom is -0.489 e. The van der Waals surface area contributed by atoms with Gasteiger partial charge in [-0.05, 0) is 71.8 Å². The molecular formula is C30H21Cl3N2O3. The molecule has 0 aromatic heterocycles. The topological polar surface area (TPSA) is 71.3 Å². The van der Waals surface area contributed by atoms with Crippen LogP contribution in [0.1, 0.15) is 16.7 Å². The summed E-state index contributed by atoms with van der Waals surface area (Å²) in [6.45, 7) is 0.634. The number of rotatable bonds is 9. The van der Waals surface area contributed by atoms with Gasteiger partial charge in [0.2, 0.25) is 0 Å². The Balaban J connectivity index is 1.43. The van der Waals surface area contributed by atoms with E-state index in [1.54, 1.807) is 60.7 Å². The first kappa shape index (κ1) is 27.1. The predicted octanol–water partition coefficient (Wildman–Crippen LogP) is 8.35. The van der Waals surface area contributed by atoms with Crippen LogP contribution >= 0.6 is 34.8 Å². The van der Waals surface area contributed by atoms with E-state index < -0.39 is 5.91 Å². The predicted molar refractivity (Wildman–Crippen MR) is 152 cm³/mol. The molecule has 0 unspecified atom stereocenters. The van der Waals surface area contributed by atoms with Crippen molar-refractivity contribution in [2.45, 2.75) is 13.2 Å². The average molecular weight is 564 g/mol. The molecule has 5 nitrogen and oxygen atoms in total. The first-order chi connectivity index (χ1) is 18.4. The van der Waals surface area contributed by atoms with Gasteiger partial charge in [0.25, 0.3) is 5.91 Å². The SMILES string of the molecule is N#C/C(=C\c1cc(Cl)ccc1OCc1ccc(Cl)c(Cl)c1)C(=O)Nc1ccc(OCc2ccccc2)cc1. The minimum absolute atomic E-state index is 0.115. The van der Waals surface area contributed by atoms with Crippen molar-refractivity contribution < 1.29 is 14.3 Å². The Labute approximate surface area is 235 Å². The Hall–Kier alpha value is -3.95. The van der Waals surface area contributed by atoms with Crippen LogP contribution in [-0.4, -0.2) is 5.91 Å². The van der Waals surface area contributed by atoms with Crippen LogP contribution in [0.25, 0.3) is 6.08 Å². The fraction of sp³-hybridized carbons (Fsp3) is 0.0667. The second-order valence-corrected chi connectivity index (χ2v) is 9.39. The van der Waals surface area contributed by atoms with Gasteiger partial charge >= 0.3 is 0 Å². The van der Waals surface area contributed by atoms with Crippen LogP contribution in [-0.2, 0) is 18.0 Å². The fourth-order valence-electron chi connectivity index (χ4n) is 3.43. The van der Waals surface area contributed by atoms with E-state index in [-0.39, 0.29) is 12.2 Å². The Kier molecular flexibility index (Phi) is 9.29. The van der Waals surface area contributed by atoms with Crippen molar-refractivity contribution in [3.8, 4) is 17.6 Å². The van der Waals surface area contributed by atoms with Crippen molar-refractivity contribution in [3.05, 3.63) is 128 Å².